The van der Waals surface area contributed by atoms with Gasteiger partial charge in [-0.3, -0.25) is 0 Å². The van der Waals surface area contributed by atoms with Gasteiger partial charge >= 0.3 is 6.16 Å². The minimum Gasteiger partial charge on any atom is -0.427 e. The summed E-state index contributed by atoms with van der Waals surface area (Å²) in [5.41, 5.74) is -0.286. The van der Waals surface area contributed by atoms with Crippen LogP contribution in [0.25, 0.3) is 0 Å². The SMILES string of the molecule is CC1(OC(=O)OCl)CC1. The van der Waals surface area contributed by atoms with Crippen LogP contribution < -0.4 is 0 Å². The van der Waals surface area contributed by atoms with Gasteiger partial charge in [-0.1, -0.05) is 0 Å². The van der Waals surface area contributed by atoms with Crippen LogP contribution in [-0.4, -0.2) is 11.8 Å². The molecule has 9 heavy (non-hydrogen) atoms. The standard InChI is InChI=1S/C5H7ClO3/c1-5(2-3-5)8-4(7)9-6/h2-3H2,1H3. The molecule has 1 aliphatic rings. The van der Waals surface area contributed by atoms with E-state index in [0.717, 1.165) is 12.8 Å². The van der Waals surface area contributed by atoms with Crippen LogP contribution in [-0.2, 0) is 9.03 Å². The largest absolute Gasteiger partial charge is 0.527 e. The van der Waals surface area contributed by atoms with Crippen molar-refractivity contribution < 1.29 is 13.8 Å². The third kappa shape index (κ3) is 1.75. The second kappa shape index (κ2) is 2.06. The summed E-state index contributed by atoms with van der Waals surface area (Å²) in [6.45, 7) is 1.83. The average Bonchev–Trinajstić information content (AvgIpc) is 2.48. The minimum absolute atomic E-state index is 0.286. The highest BCUT2D eigenvalue weighted by Gasteiger charge is 2.42. The van der Waals surface area contributed by atoms with E-state index in [1.54, 1.807) is 0 Å². The van der Waals surface area contributed by atoms with Gasteiger partial charge in [0, 0.05) is 0 Å². The molecule has 1 saturated carbocycles. The summed E-state index contributed by atoms with van der Waals surface area (Å²) in [4.78, 5) is 10.3. The molecule has 0 atom stereocenters. The van der Waals surface area contributed by atoms with Gasteiger partial charge in [0.1, 0.15) is 17.5 Å². The molecule has 0 saturated heterocycles. The Morgan fingerprint density at radius 2 is 2.22 bits per heavy atom. The lowest BCUT2D eigenvalue weighted by atomic mass is 10.4. The molecular weight excluding hydrogens is 144 g/mol. The number of carbonyl (C=O) groups excluding carboxylic acids is 1. The van der Waals surface area contributed by atoms with E-state index in [1.165, 1.54) is 0 Å². The first-order valence-corrected chi connectivity index (χ1v) is 2.99. The molecule has 0 aromatic carbocycles. The maximum Gasteiger partial charge on any atom is 0.527 e. The van der Waals surface area contributed by atoms with Crippen LogP contribution >= 0.6 is 11.9 Å². The Balaban J connectivity index is 2.25. The fourth-order valence-electron chi connectivity index (χ4n) is 0.495. The van der Waals surface area contributed by atoms with Crippen molar-refractivity contribution in [2.75, 3.05) is 0 Å². The molecule has 0 aromatic rings. The Bertz CT molecular complexity index is 130. The highest BCUT2D eigenvalue weighted by molar-refractivity contribution is 6.12. The number of ether oxygens (including phenoxy) is 1. The summed E-state index contributed by atoms with van der Waals surface area (Å²) in [5.74, 6) is 0. The van der Waals surface area contributed by atoms with Gasteiger partial charge in [0.25, 0.3) is 0 Å². The van der Waals surface area contributed by atoms with E-state index in [9.17, 15) is 4.79 Å². The fraction of sp³-hybridized carbons (Fsp3) is 0.800. The molecule has 0 radical (unpaired) electrons. The Morgan fingerprint density at radius 1 is 1.67 bits per heavy atom. The van der Waals surface area contributed by atoms with Crippen LogP contribution in [0.1, 0.15) is 19.8 Å². The summed E-state index contributed by atoms with van der Waals surface area (Å²) in [5, 5.41) is 0. The smallest absolute Gasteiger partial charge is 0.427 e. The van der Waals surface area contributed by atoms with Crippen molar-refractivity contribution in [3.63, 3.8) is 0 Å². The van der Waals surface area contributed by atoms with Crippen molar-refractivity contribution in [3.05, 3.63) is 0 Å². The molecule has 52 valence electrons. The molecule has 4 heteroatoms. The first kappa shape index (κ1) is 6.68. The summed E-state index contributed by atoms with van der Waals surface area (Å²) < 4.78 is 8.48. The second-order valence-electron chi connectivity index (χ2n) is 2.38. The first-order chi connectivity index (χ1) is 4.16. The fourth-order valence-corrected chi connectivity index (χ4v) is 0.527. The highest BCUT2D eigenvalue weighted by atomic mass is 35.5. The normalized spacial score (nSPS) is 20.7. The number of rotatable bonds is 1. The molecule has 0 N–H and O–H groups in total. The lowest BCUT2D eigenvalue weighted by Crippen LogP contribution is -2.13. The predicted molar refractivity (Wildman–Crippen MR) is 31.1 cm³/mol. The van der Waals surface area contributed by atoms with E-state index in [-0.39, 0.29) is 5.60 Å². The summed E-state index contributed by atoms with van der Waals surface area (Å²) in [6.07, 6.45) is 0.995. The van der Waals surface area contributed by atoms with E-state index >= 15 is 0 Å². The van der Waals surface area contributed by atoms with Gasteiger partial charge in [-0.25, -0.2) is 4.79 Å². The van der Waals surface area contributed by atoms with Crippen LogP contribution in [0.2, 0.25) is 0 Å². The zero-order valence-corrected chi connectivity index (χ0v) is 5.77. The molecule has 0 heterocycles. The first-order valence-electron chi connectivity index (χ1n) is 2.68. The van der Waals surface area contributed by atoms with Crippen molar-refractivity contribution in [3.8, 4) is 0 Å². The molecule has 1 aliphatic carbocycles. The van der Waals surface area contributed by atoms with Gasteiger partial charge < -0.3 is 9.03 Å². The summed E-state index contributed by atoms with van der Waals surface area (Å²) in [7, 11) is 0. The number of carbonyl (C=O) groups is 1. The van der Waals surface area contributed by atoms with Crippen molar-refractivity contribution in [2.24, 2.45) is 0 Å². The predicted octanol–water partition coefficient (Wildman–Crippen LogP) is 1.85. The van der Waals surface area contributed by atoms with Gasteiger partial charge in [-0.2, -0.15) is 0 Å². The second-order valence-corrected chi connectivity index (χ2v) is 2.53. The number of hydrogen-bond donors (Lipinski definition) is 0. The van der Waals surface area contributed by atoms with Gasteiger partial charge in [0.2, 0.25) is 0 Å². The van der Waals surface area contributed by atoms with Crippen molar-refractivity contribution >= 4 is 18.0 Å². The zero-order chi connectivity index (χ0) is 6.91. The zero-order valence-electron chi connectivity index (χ0n) is 5.02. The molecule has 1 rings (SSSR count). The molecule has 0 aromatic heterocycles. The van der Waals surface area contributed by atoms with Crippen LogP contribution in [0.3, 0.4) is 0 Å². The molecule has 0 unspecified atom stereocenters. The van der Waals surface area contributed by atoms with E-state index in [0.29, 0.717) is 0 Å². The number of hydrogen-bond acceptors (Lipinski definition) is 3. The summed E-state index contributed by atoms with van der Waals surface area (Å²) in [6, 6.07) is 0. The monoisotopic (exact) mass is 150 g/mol. The van der Waals surface area contributed by atoms with Crippen LogP contribution in [0.4, 0.5) is 4.79 Å². The van der Waals surface area contributed by atoms with E-state index in [4.69, 9.17) is 16.6 Å². The van der Waals surface area contributed by atoms with Gasteiger partial charge in [-0.15, -0.1) is 0 Å². The number of halogens is 1. The quantitative estimate of drug-likeness (QED) is 0.535. The van der Waals surface area contributed by atoms with E-state index < -0.39 is 6.16 Å². The Kier molecular flexibility index (Phi) is 1.53. The third-order valence-electron chi connectivity index (χ3n) is 1.35. The van der Waals surface area contributed by atoms with E-state index in [2.05, 4.69) is 4.29 Å². The average molecular weight is 151 g/mol. The summed E-state index contributed by atoms with van der Waals surface area (Å²) >= 11 is 4.71. The Morgan fingerprint density at radius 3 is 2.56 bits per heavy atom. The van der Waals surface area contributed by atoms with Crippen molar-refractivity contribution in [1.29, 1.82) is 0 Å². The maximum absolute atomic E-state index is 10.3. The van der Waals surface area contributed by atoms with E-state index in [1.807, 2.05) is 6.92 Å². The maximum atomic E-state index is 10.3. The Hall–Kier alpha value is -0.440. The van der Waals surface area contributed by atoms with Gasteiger partial charge in [0.05, 0.1) is 0 Å². The molecule has 1 fully saturated rings. The molecular formula is C5H7ClO3. The van der Waals surface area contributed by atoms with Crippen LogP contribution in [0.15, 0.2) is 0 Å². The molecule has 0 bridgehead atoms. The van der Waals surface area contributed by atoms with Crippen LogP contribution in [0.5, 0.6) is 0 Å². The van der Waals surface area contributed by atoms with Crippen LogP contribution in [0, 0.1) is 0 Å². The molecule has 0 spiro atoms. The Labute approximate surface area is 58.1 Å². The van der Waals surface area contributed by atoms with Gasteiger partial charge in [-0.05, 0) is 19.8 Å². The van der Waals surface area contributed by atoms with Crippen molar-refractivity contribution in [1.82, 2.24) is 0 Å². The van der Waals surface area contributed by atoms with Gasteiger partial charge in [0.15, 0.2) is 0 Å². The highest BCUT2D eigenvalue weighted by Crippen LogP contribution is 2.38. The van der Waals surface area contributed by atoms with Crippen molar-refractivity contribution in [2.45, 2.75) is 25.4 Å². The lowest BCUT2D eigenvalue weighted by Gasteiger charge is -2.06. The molecule has 3 nitrogen and oxygen atoms in total. The topological polar surface area (TPSA) is 35.5 Å². The lowest BCUT2D eigenvalue weighted by molar-refractivity contribution is 0.0569. The third-order valence-corrected chi connectivity index (χ3v) is 1.47. The minimum atomic E-state index is -0.809. The molecule has 0 aliphatic heterocycles. The molecule has 0 amide bonds.